The Morgan fingerprint density at radius 2 is 1.92 bits per heavy atom. The van der Waals surface area contributed by atoms with Gasteiger partial charge < -0.3 is 14.6 Å². The standard InChI is InChI=1S/C27H26BrN5O5/c1-36-32-26(35)27(17-19-7-2-5-10-23(19)31-33-29)24(21-8-3-4-9-22(21)28)38-25(30-27)18-11-13-20(14-12-18)37-16-6-15-34/h2-5,7-14,24,34H,6,15-17H2,1H3,(H,32,35)/t24-,27-/m0/s1. The molecular formula is C27H26BrN5O5. The largest absolute Gasteiger partial charge is 0.494 e. The van der Waals surface area contributed by atoms with Crippen molar-refractivity contribution in [2.75, 3.05) is 20.3 Å². The first kappa shape index (κ1) is 27.2. The summed E-state index contributed by atoms with van der Waals surface area (Å²) in [6.07, 6.45) is -0.252. The van der Waals surface area contributed by atoms with Gasteiger partial charge >= 0.3 is 0 Å². The van der Waals surface area contributed by atoms with E-state index in [0.29, 0.717) is 41.2 Å². The molecule has 3 aromatic carbocycles. The highest BCUT2D eigenvalue weighted by Gasteiger charge is 2.54. The minimum absolute atomic E-state index is 0.0492. The van der Waals surface area contributed by atoms with Crippen LogP contribution in [0.2, 0.25) is 0 Å². The lowest BCUT2D eigenvalue weighted by Crippen LogP contribution is -2.49. The number of aliphatic imine (C=N–C) groups is 1. The maximum absolute atomic E-state index is 13.7. The van der Waals surface area contributed by atoms with E-state index in [1.807, 2.05) is 24.3 Å². The molecule has 0 aromatic heterocycles. The Kier molecular flexibility index (Phi) is 8.98. The number of azide groups is 1. The molecule has 1 amide bonds. The van der Waals surface area contributed by atoms with E-state index in [9.17, 15) is 4.79 Å². The molecule has 11 heteroatoms. The molecule has 3 aromatic rings. The predicted molar refractivity (Wildman–Crippen MR) is 145 cm³/mol. The Bertz CT molecular complexity index is 1360. The summed E-state index contributed by atoms with van der Waals surface area (Å²) in [4.78, 5) is 26.6. The Morgan fingerprint density at radius 1 is 1.18 bits per heavy atom. The summed E-state index contributed by atoms with van der Waals surface area (Å²) in [5, 5.41) is 12.8. The molecule has 0 bridgehead atoms. The third-order valence-corrected chi connectivity index (χ3v) is 6.74. The smallest absolute Gasteiger partial charge is 0.276 e. The number of carbonyl (C=O) groups excluding carboxylic acids is 1. The second-order valence-electron chi connectivity index (χ2n) is 8.44. The number of hydroxylamine groups is 1. The number of benzene rings is 3. The highest BCUT2D eigenvalue weighted by molar-refractivity contribution is 9.10. The topological polar surface area (TPSA) is 138 Å². The van der Waals surface area contributed by atoms with Gasteiger partial charge in [0.05, 0.1) is 13.7 Å². The number of nitrogens with one attached hydrogen (secondary N) is 1. The molecule has 10 nitrogen and oxygen atoms in total. The summed E-state index contributed by atoms with van der Waals surface area (Å²) in [5.41, 5.74) is 12.4. The number of halogens is 1. The zero-order valence-electron chi connectivity index (χ0n) is 20.6. The quantitative estimate of drug-likeness (QED) is 0.104. The van der Waals surface area contributed by atoms with Gasteiger partial charge in [-0.05, 0) is 41.4 Å². The van der Waals surface area contributed by atoms with E-state index in [-0.39, 0.29) is 18.9 Å². The van der Waals surface area contributed by atoms with Crippen LogP contribution in [0.15, 0.2) is 87.4 Å². The second kappa shape index (κ2) is 12.6. The molecule has 1 aliphatic heterocycles. The Labute approximate surface area is 228 Å². The van der Waals surface area contributed by atoms with Gasteiger partial charge in [0.25, 0.3) is 5.91 Å². The number of hydrogen-bond acceptors (Lipinski definition) is 7. The van der Waals surface area contributed by atoms with E-state index in [0.717, 1.165) is 4.47 Å². The Hall–Kier alpha value is -3.89. The zero-order chi connectivity index (χ0) is 27.0. The lowest BCUT2D eigenvalue weighted by molar-refractivity contribution is -0.139. The normalized spacial score (nSPS) is 18.2. The molecule has 0 unspecified atom stereocenters. The molecule has 4 rings (SSSR count). The Balaban J connectivity index is 1.82. The van der Waals surface area contributed by atoms with E-state index >= 15 is 0 Å². The fraction of sp³-hybridized carbons (Fsp3) is 0.259. The number of hydrogen-bond donors (Lipinski definition) is 2. The van der Waals surface area contributed by atoms with Crippen molar-refractivity contribution in [3.8, 4) is 5.75 Å². The first-order valence-electron chi connectivity index (χ1n) is 11.8. The number of ether oxygens (including phenoxy) is 2. The summed E-state index contributed by atoms with van der Waals surface area (Å²) in [6, 6.07) is 21.6. The lowest BCUT2D eigenvalue weighted by Gasteiger charge is -2.31. The molecule has 38 heavy (non-hydrogen) atoms. The van der Waals surface area contributed by atoms with Gasteiger partial charge in [-0.1, -0.05) is 63.5 Å². The predicted octanol–water partition coefficient (Wildman–Crippen LogP) is 5.33. The molecule has 2 atom stereocenters. The van der Waals surface area contributed by atoms with Gasteiger partial charge in [-0.3, -0.25) is 9.63 Å². The molecule has 2 N–H and O–H groups in total. The molecule has 1 heterocycles. The number of nitrogens with zero attached hydrogens (tertiary/aromatic N) is 4. The van der Waals surface area contributed by atoms with Gasteiger partial charge in [0, 0.05) is 45.6 Å². The van der Waals surface area contributed by atoms with Crippen LogP contribution >= 0.6 is 15.9 Å². The monoisotopic (exact) mass is 579 g/mol. The fourth-order valence-corrected chi connectivity index (χ4v) is 4.72. The van der Waals surface area contributed by atoms with Gasteiger partial charge in [0.1, 0.15) is 5.75 Å². The van der Waals surface area contributed by atoms with Crippen molar-refractivity contribution >= 4 is 33.4 Å². The lowest BCUT2D eigenvalue weighted by atomic mass is 9.82. The van der Waals surface area contributed by atoms with Gasteiger partial charge in [-0.15, -0.1) is 0 Å². The second-order valence-corrected chi connectivity index (χ2v) is 9.30. The van der Waals surface area contributed by atoms with Crippen LogP contribution in [0.25, 0.3) is 10.4 Å². The van der Waals surface area contributed by atoms with Gasteiger partial charge in [0.2, 0.25) is 5.90 Å². The van der Waals surface area contributed by atoms with Crippen LogP contribution in [0.5, 0.6) is 5.75 Å². The number of aliphatic hydroxyl groups is 1. The fourth-order valence-electron chi connectivity index (χ4n) is 4.22. The first-order chi connectivity index (χ1) is 18.5. The molecule has 1 aliphatic rings. The summed E-state index contributed by atoms with van der Waals surface area (Å²) >= 11 is 3.59. The SMILES string of the molecule is CONC(=O)[C@@]1(Cc2ccccc2N=[N+]=[N-])N=C(c2ccc(OCCCO)cc2)O[C@H]1c1ccccc1Br. The van der Waals surface area contributed by atoms with Gasteiger partial charge in [0.15, 0.2) is 11.6 Å². The Morgan fingerprint density at radius 3 is 2.63 bits per heavy atom. The van der Waals surface area contributed by atoms with Crippen molar-refractivity contribution in [1.82, 2.24) is 5.48 Å². The summed E-state index contributed by atoms with van der Waals surface area (Å²) < 4.78 is 12.8. The van der Waals surface area contributed by atoms with Crippen LogP contribution in [-0.4, -0.2) is 42.8 Å². The van der Waals surface area contributed by atoms with Crippen LogP contribution in [0.4, 0.5) is 5.69 Å². The van der Waals surface area contributed by atoms with Gasteiger partial charge in [-0.2, -0.15) is 0 Å². The van der Waals surface area contributed by atoms with Crippen LogP contribution in [0.3, 0.4) is 0 Å². The van der Waals surface area contributed by atoms with Crippen LogP contribution in [0, 0.1) is 0 Å². The van der Waals surface area contributed by atoms with Crippen LogP contribution in [0.1, 0.15) is 29.2 Å². The van der Waals surface area contributed by atoms with Crippen molar-refractivity contribution in [3.63, 3.8) is 0 Å². The van der Waals surface area contributed by atoms with E-state index in [2.05, 4.69) is 31.4 Å². The molecule has 0 spiro atoms. The van der Waals surface area contributed by atoms with E-state index in [1.54, 1.807) is 48.5 Å². The third kappa shape index (κ3) is 5.81. The maximum atomic E-state index is 13.7. The van der Waals surface area contributed by atoms with E-state index in [4.69, 9.17) is 29.9 Å². The highest BCUT2D eigenvalue weighted by atomic mass is 79.9. The molecule has 0 saturated heterocycles. The van der Waals surface area contributed by atoms with Crippen molar-refractivity contribution in [2.24, 2.45) is 10.1 Å². The summed E-state index contributed by atoms with van der Waals surface area (Å²) in [6.45, 7) is 0.440. The molecule has 0 fully saturated rings. The van der Waals surface area contributed by atoms with Crippen molar-refractivity contribution in [3.05, 3.63) is 104 Å². The third-order valence-electron chi connectivity index (χ3n) is 6.02. The number of aliphatic hydroxyl groups excluding tert-OH is 1. The van der Waals surface area contributed by atoms with Crippen LogP contribution < -0.4 is 10.2 Å². The van der Waals surface area contributed by atoms with Crippen molar-refractivity contribution in [1.29, 1.82) is 0 Å². The molecule has 0 aliphatic carbocycles. The van der Waals surface area contributed by atoms with Gasteiger partial charge in [-0.25, -0.2) is 10.5 Å². The summed E-state index contributed by atoms with van der Waals surface area (Å²) in [7, 11) is 1.35. The number of carbonyl (C=O) groups is 1. The first-order valence-corrected chi connectivity index (χ1v) is 12.6. The molecule has 196 valence electrons. The molecule has 0 saturated carbocycles. The van der Waals surface area contributed by atoms with Crippen LogP contribution in [-0.2, 0) is 20.8 Å². The number of amides is 1. The van der Waals surface area contributed by atoms with Crippen molar-refractivity contribution < 1.29 is 24.2 Å². The minimum Gasteiger partial charge on any atom is -0.494 e. The average molecular weight is 580 g/mol. The average Bonchev–Trinajstić information content (AvgIpc) is 3.31. The maximum Gasteiger partial charge on any atom is 0.276 e. The van der Waals surface area contributed by atoms with Crippen molar-refractivity contribution in [2.45, 2.75) is 24.5 Å². The molecular weight excluding hydrogens is 554 g/mol. The summed E-state index contributed by atoms with van der Waals surface area (Å²) in [5.74, 6) is 0.380. The minimum atomic E-state index is -1.51. The molecule has 0 radical (unpaired) electrons. The van der Waals surface area contributed by atoms with E-state index < -0.39 is 17.6 Å². The zero-order valence-corrected chi connectivity index (χ0v) is 22.2. The van der Waals surface area contributed by atoms with E-state index in [1.165, 1.54) is 7.11 Å². The number of rotatable bonds is 11. The highest BCUT2D eigenvalue weighted by Crippen LogP contribution is 2.45.